The number of nitrogens with one attached hydrogen (secondary N) is 1. The van der Waals surface area contributed by atoms with Crippen LogP contribution in [0.2, 0.25) is 0 Å². The molecule has 0 aliphatic heterocycles. The standard InChI is InChI=1S/C19H20N2OS.BrH/c1-4-15(18(22)14-8-6-5-7-9-14)20-19-21-17-13(3)12(2)10-11-16(17)23-19;/h5-11,15H,4H2,1-3H3,(H,20,21);1H. The van der Waals surface area contributed by atoms with Gasteiger partial charge in [-0.15, -0.1) is 17.0 Å². The maximum absolute atomic E-state index is 12.6. The highest BCUT2D eigenvalue weighted by molar-refractivity contribution is 8.93. The molecule has 1 aromatic heterocycles. The average molecular weight is 405 g/mol. The maximum atomic E-state index is 12.6. The minimum absolute atomic E-state index is 0. The molecular weight excluding hydrogens is 384 g/mol. The number of Topliss-reactive ketones (excluding diaryl/α,β-unsaturated/α-hetero) is 1. The summed E-state index contributed by atoms with van der Waals surface area (Å²) in [5, 5.41) is 4.13. The number of aryl methyl sites for hydroxylation is 2. The molecule has 1 heterocycles. The summed E-state index contributed by atoms with van der Waals surface area (Å²) in [6.45, 7) is 6.20. The number of carbonyl (C=O) groups excluding carboxylic acids is 1. The highest BCUT2D eigenvalue weighted by Crippen LogP contribution is 2.30. The molecule has 0 saturated heterocycles. The third-order valence-electron chi connectivity index (χ3n) is 4.17. The van der Waals surface area contributed by atoms with E-state index in [0.29, 0.717) is 0 Å². The number of nitrogens with zero attached hydrogens (tertiary/aromatic N) is 1. The van der Waals surface area contributed by atoms with Gasteiger partial charge in [0.05, 0.1) is 16.3 Å². The van der Waals surface area contributed by atoms with Gasteiger partial charge in [0.25, 0.3) is 0 Å². The first kappa shape index (κ1) is 18.6. The minimum Gasteiger partial charge on any atom is -0.351 e. The van der Waals surface area contributed by atoms with E-state index in [1.54, 1.807) is 11.3 Å². The average Bonchev–Trinajstić information content (AvgIpc) is 3.00. The van der Waals surface area contributed by atoms with Crippen LogP contribution in [0.1, 0.15) is 34.8 Å². The molecule has 0 spiro atoms. The van der Waals surface area contributed by atoms with Crippen LogP contribution in [0.3, 0.4) is 0 Å². The van der Waals surface area contributed by atoms with Gasteiger partial charge in [-0.05, 0) is 37.5 Å². The molecule has 3 nitrogen and oxygen atoms in total. The zero-order chi connectivity index (χ0) is 16.4. The van der Waals surface area contributed by atoms with Crippen molar-refractivity contribution in [2.24, 2.45) is 0 Å². The van der Waals surface area contributed by atoms with Crippen molar-refractivity contribution in [1.29, 1.82) is 0 Å². The van der Waals surface area contributed by atoms with E-state index in [1.165, 1.54) is 11.1 Å². The lowest BCUT2D eigenvalue weighted by molar-refractivity contribution is 0.0968. The van der Waals surface area contributed by atoms with Gasteiger partial charge in [0.1, 0.15) is 0 Å². The molecule has 126 valence electrons. The van der Waals surface area contributed by atoms with Gasteiger partial charge in [0.15, 0.2) is 10.9 Å². The number of rotatable bonds is 5. The van der Waals surface area contributed by atoms with Gasteiger partial charge in [-0.25, -0.2) is 4.98 Å². The van der Waals surface area contributed by atoms with E-state index in [0.717, 1.165) is 27.3 Å². The Morgan fingerprint density at radius 3 is 2.54 bits per heavy atom. The first-order chi connectivity index (χ1) is 11.1. The van der Waals surface area contributed by atoms with Crippen molar-refractivity contribution in [3.63, 3.8) is 0 Å². The van der Waals surface area contributed by atoms with Crippen molar-refractivity contribution in [2.75, 3.05) is 5.32 Å². The Morgan fingerprint density at radius 2 is 1.88 bits per heavy atom. The summed E-state index contributed by atoms with van der Waals surface area (Å²) in [6.07, 6.45) is 0.724. The van der Waals surface area contributed by atoms with E-state index < -0.39 is 0 Å². The fourth-order valence-corrected chi connectivity index (χ4v) is 3.57. The molecule has 1 atom stereocenters. The molecule has 0 aliphatic carbocycles. The Kier molecular flexibility index (Phi) is 6.13. The topological polar surface area (TPSA) is 42.0 Å². The summed E-state index contributed by atoms with van der Waals surface area (Å²) in [7, 11) is 0. The number of hydrogen-bond acceptors (Lipinski definition) is 4. The van der Waals surface area contributed by atoms with Crippen molar-refractivity contribution < 1.29 is 4.79 Å². The number of benzene rings is 2. The largest absolute Gasteiger partial charge is 0.351 e. The Morgan fingerprint density at radius 1 is 1.17 bits per heavy atom. The SMILES string of the molecule is Br.CCC(Nc1nc2c(C)c(C)ccc2s1)C(=O)c1ccccc1. The lowest BCUT2D eigenvalue weighted by Gasteiger charge is -2.14. The maximum Gasteiger partial charge on any atom is 0.185 e. The Balaban J connectivity index is 0.00000208. The number of fused-ring (bicyclic) bond motifs is 1. The fourth-order valence-electron chi connectivity index (χ4n) is 2.59. The third kappa shape index (κ3) is 3.68. The van der Waals surface area contributed by atoms with Crippen molar-refractivity contribution in [2.45, 2.75) is 33.2 Å². The van der Waals surface area contributed by atoms with Crippen molar-refractivity contribution in [1.82, 2.24) is 4.98 Å². The quantitative estimate of drug-likeness (QED) is 0.565. The summed E-state index contributed by atoms with van der Waals surface area (Å²) in [5.41, 5.74) is 4.20. The molecule has 0 radical (unpaired) electrons. The number of ketones is 1. The Hall–Kier alpha value is -1.72. The van der Waals surface area contributed by atoms with Gasteiger partial charge in [0.2, 0.25) is 0 Å². The summed E-state index contributed by atoms with van der Waals surface area (Å²) in [6, 6.07) is 13.4. The number of aromatic nitrogens is 1. The van der Waals surface area contributed by atoms with E-state index >= 15 is 0 Å². The molecule has 5 heteroatoms. The van der Waals surface area contributed by atoms with E-state index in [-0.39, 0.29) is 28.8 Å². The molecule has 0 fully saturated rings. The van der Waals surface area contributed by atoms with Gasteiger partial charge in [-0.2, -0.15) is 0 Å². The Labute approximate surface area is 156 Å². The number of anilines is 1. The van der Waals surface area contributed by atoms with Crippen LogP contribution in [0.15, 0.2) is 42.5 Å². The van der Waals surface area contributed by atoms with E-state index in [4.69, 9.17) is 4.98 Å². The lowest BCUT2D eigenvalue weighted by atomic mass is 10.0. The second-order valence-electron chi connectivity index (χ2n) is 5.71. The highest BCUT2D eigenvalue weighted by atomic mass is 79.9. The van der Waals surface area contributed by atoms with Crippen molar-refractivity contribution >= 4 is 49.4 Å². The molecule has 3 rings (SSSR count). The lowest BCUT2D eigenvalue weighted by Crippen LogP contribution is -2.28. The second kappa shape index (κ2) is 7.90. The predicted octanol–water partition coefficient (Wildman–Crippen LogP) is 5.56. The Bertz CT molecular complexity index is 845. The number of halogens is 1. The number of hydrogen-bond donors (Lipinski definition) is 1. The summed E-state index contributed by atoms with van der Waals surface area (Å²) in [5.74, 6) is 0.111. The molecule has 1 unspecified atom stereocenters. The van der Waals surface area contributed by atoms with Gasteiger partial charge in [-0.1, -0.05) is 54.7 Å². The summed E-state index contributed by atoms with van der Waals surface area (Å²) in [4.78, 5) is 17.3. The van der Waals surface area contributed by atoms with Crippen LogP contribution in [0.4, 0.5) is 5.13 Å². The first-order valence-corrected chi connectivity index (χ1v) is 8.64. The van der Waals surface area contributed by atoms with E-state index in [1.807, 2.05) is 37.3 Å². The predicted molar refractivity (Wildman–Crippen MR) is 108 cm³/mol. The van der Waals surface area contributed by atoms with Crippen LogP contribution in [0.5, 0.6) is 0 Å². The van der Waals surface area contributed by atoms with Gasteiger partial charge in [0, 0.05) is 5.56 Å². The minimum atomic E-state index is -0.251. The van der Waals surface area contributed by atoms with Gasteiger partial charge >= 0.3 is 0 Å². The molecule has 2 aromatic carbocycles. The number of carbonyl (C=O) groups is 1. The van der Waals surface area contributed by atoms with Crippen LogP contribution >= 0.6 is 28.3 Å². The number of thiazole rings is 1. The molecule has 24 heavy (non-hydrogen) atoms. The normalized spacial score (nSPS) is 11.8. The molecule has 1 N–H and O–H groups in total. The van der Waals surface area contributed by atoms with Crippen LogP contribution in [-0.2, 0) is 0 Å². The highest BCUT2D eigenvalue weighted by Gasteiger charge is 2.19. The smallest absolute Gasteiger partial charge is 0.185 e. The van der Waals surface area contributed by atoms with Crippen LogP contribution in [-0.4, -0.2) is 16.8 Å². The molecule has 0 aliphatic rings. The van der Waals surface area contributed by atoms with Crippen molar-refractivity contribution in [3.8, 4) is 0 Å². The van der Waals surface area contributed by atoms with Crippen molar-refractivity contribution in [3.05, 3.63) is 59.2 Å². The third-order valence-corrected chi connectivity index (χ3v) is 5.12. The molecule has 0 saturated carbocycles. The molecule has 0 amide bonds. The molecular formula is C19H21BrN2OS. The first-order valence-electron chi connectivity index (χ1n) is 7.82. The van der Waals surface area contributed by atoms with E-state index in [9.17, 15) is 4.79 Å². The van der Waals surface area contributed by atoms with Gasteiger partial charge < -0.3 is 5.32 Å². The fraction of sp³-hybridized carbons (Fsp3) is 0.263. The van der Waals surface area contributed by atoms with Crippen LogP contribution in [0, 0.1) is 13.8 Å². The zero-order valence-electron chi connectivity index (χ0n) is 14.0. The van der Waals surface area contributed by atoms with Gasteiger partial charge in [-0.3, -0.25) is 4.79 Å². The van der Waals surface area contributed by atoms with Crippen LogP contribution in [0.25, 0.3) is 10.2 Å². The van der Waals surface area contributed by atoms with E-state index in [2.05, 4.69) is 31.3 Å². The summed E-state index contributed by atoms with van der Waals surface area (Å²) < 4.78 is 1.15. The second-order valence-corrected chi connectivity index (χ2v) is 6.74. The molecule has 3 aromatic rings. The monoisotopic (exact) mass is 404 g/mol. The molecule has 0 bridgehead atoms. The summed E-state index contributed by atoms with van der Waals surface area (Å²) >= 11 is 1.60. The van der Waals surface area contributed by atoms with Crippen LogP contribution < -0.4 is 5.32 Å². The zero-order valence-corrected chi connectivity index (χ0v) is 16.5.